The standard InChI is InChI=1S/C22H34N6O9/c29-17-36-15-26-9-7-24(13-19(31)23-3-4-28-20(32)1-2-21(28)33)5-6-25(14-22(34)35)8-10-27(12-11-26)16-37-18-30/h1-2,17-18H,3-16H2,(H,23,31)(H,34,35). The number of nitrogens with one attached hydrogen (secondary N) is 1. The second-order valence-electron chi connectivity index (χ2n) is 8.48. The average molecular weight is 527 g/mol. The predicted octanol–water partition coefficient (Wildman–Crippen LogP) is -3.41. The first-order valence-electron chi connectivity index (χ1n) is 11.8. The Labute approximate surface area is 214 Å². The fourth-order valence-corrected chi connectivity index (χ4v) is 3.83. The molecule has 2 heterocycles. The Kier molecular flexibility index (Phi) is 13.2. The maximum Gasteiger partial charge on any atom is 0.317 e. The first kappa shape index (κ1) is 29.8. The fourth-order valence-electron chi connectivity index (χ4n) is 3.83. The second kappa shape index (κ2) is 16.4. The number of carbonyl (C=O) groups is 6. The molecule has 0 aromatic carbocycles. The van der Waals surface area contributed by atoms with E-state index < -0.39 is 17.8 Å². The molecule has 0 aliphatic carbocycles. The van der Waals surface area contributed by atoms with Gasteiger partial charge in [0.15, 0.2) is 0 Å². The van der Waals surface area contributed by atoms with Gasteiger partial charge >= 0.3 is 5.97 Å². The van der Waals surface area contributed by atoms with Crippen molar-refractivity contribution in [1.29, 1.82) is 0 Å². The Balaban J connectivity index is 1.99. The molecule has 2 N–H and O–H groups in total. The van der Waals surface area contributed by atoms with Gasteiger partial charge in [0, 0.05) is 77.6 Å². The highest BCUT2D eigenvalue weighted by Gasteiger charge is 2.23. The zero-order valence-electron chi connectivity index (χ0n) is 20.7. The quantitative estimate of drug-likeness (QED) is 0.180. The number of hydrogen-bond donors (Lipinski definition) is 2. The Bertz CT molecular complexity index is 821. The topological polar surface area (TPSA) is 169 Å². The van der Waals surface area contributed by atoms with Crippen molar-refractivity contribution in [2.24, 2.45) is 0 Å². The number of carbonyl (C=O) groups excluding carboxylic acids is 5. The van der Waals surface area contributed by atoms with Gasteiger partial charge in [0.05, 0.1) is 13.1 Å². The van der Waals surface area contributed by atoms with Crippen LogP contribution in [0.4, 0.5) is 0 Å². The van der Waals surface area contributed by atoms with E-state index in [1.165, 1.54) is 12.2 Å². The van der Waals surface area contributed by atoms with E-state index in [-0.39, 0.29) is 45.5 Å². The largest absolute Gasteiger partial charge is 0.480 e. The van der Waals surface area contributed by atoms with Gasteiger partial charge in [0.1, 0.15) is 13.5 Å². The van der Waals surface area contributed by atoms with E-state index in [1.54, 1.807) is 4.90 Å². The van der Waals surface area contributed by atoms with Crippen molar-refractivity contribution in [3.63, 3.8) is 0 Å². The third kappa shape index (κ3) is 11.5. The van der Waals surface area contributed by atoms with Gasteiger partial charge in [-0.3, -0.25) is 53.3 Å². The number of nitrogens with zero attached hydrogens (tertiary/aromatic N) is 5. The zero-order valence-corrected chi connectivity index (χ0v) is 20.7. The van der Waals surface area contributed by atoms with Crippen molar-refractivity contribution >= 4 is 36.6 Å². The van der Waals surface area contributed by atoms with Crippen LogP contribution in [-0.4, -0.2) is 158 Å². The minimum absolute atomic E-state index is 0.0166. The summed E-state index contributed by atoms with van der Waals surface area (Å²) in [5.74, 6) is -2.13. The number of ether oxygens (including phenoxy) is 2. The van der Waals surface area contributed by atoms with Crippen LogP contribution in [-0.2, 0) is 38.2 Å². The van der Waals surface area contributed by atoms with Crippen LogP contribution in [0.2, 0.25) is 0 Å². The third-order valence-corrected chi connectivity index (χ3v) is 5.86. The van der Waals surface area contributed by atoms with Crippen LogP contribution in [0.3, 0.4) is 0 Å². The monoisotopic (exact) mass is 526 g/mol. The number of carboxylic acids is 1. The van der Waals surface area contributed by atoms with Gasteiger partial charge < -0.3 is 19.9 Å². The molecule has 2 aliphatic heterocycles. The van der Waals surface area contributed by atoms with Crippen molar-refractivity contribution in [2.45, 2.75) is 0 Å². The lowest BCUT2D eigenvalue weighted by atomic mass is 10.3. The lowest BCUT2D eigenvalue weighted by molar-refractivity contribution is -0.139. The predicted molar refractivity (Wildman–Crippen MR) is 127 cm³/mol. The lowest BCUT2D eigenvalue weighted by Gasteiger charge is -2.33. The first-order valence-corrected chi connectivity index (χ1v) is 11.8. The highest BCUT2D eigenvalue weighted by atomic mass is 16.5. The van der Waals surface area contributed by atoms with Crippen molar-refractivity contribution in [1.82, 2.24) is 29.8 Å². The SMILES string of the molecule is O=COCN1CCN(COC=O)CCN(CC(=O)NCCN2C(=O)C=CC2=O)CCN(CC(=O)O)CC1. The molecule has 37 heavy (non-hydrogen) atoms. The van der Waals surface area contributed by atoms with E-state index in [1.807, 2.05) is 14.7 Å². The second-order valence-corrected chi connectivity index (χ2v) is 8.48. The van der Waals surface area contributed by atoms with Gasteiger partial charge in [-0.05, 0) is 0 Å². The fraction of sp³-hybridized carbons (Fsp3) is 0.636. The molecular weight excluding hydrogens is 492 g/mol. The summed E-state index contributed by atoms with van der Waals surface area (Å²) >= 11 is 0. The minimum atomic E-state index is -0.982. The molecule has 0 atom stereocenters. The van der Waals surface area contributed by atoms with Crippen LogP contribution < -0.4 is 5.32 Å². The van der Waals surface area contributed by atoms with Crippen LogP contribution in [0.5, 0.6) is 0 Å². The summed E-state index contributed by atoms with van der Waals surface area (Å²) in [6, 6.07) is 0. The number of aliphatic carboxylic acids is 1. The lowest BCUT2D eigenvalue weighted by Crippen LogP contribution is -2.49. The van der Waals surface area contributed by atoms with Gasteiger partial charge in [-0.2, -0.15) is 0 Å². The third-order valence-electron chi connectivity index (χ3n) is 5.86. The van der Waals surface area contributed by atoms with E-state index in [4.69, 9.17) is 9.47 Å². The Morgan fingerprint density at radius 3 is 1.65 bits per heavy atom. The molecule has 206 valence electrons. The van der Waals surface area contributed by atoms with Gasteiger partial charge in [-0.15, -0.1) is 0 Å². The number of rotatable bonds is 13. The van der Waals surface area contributed by atoms with E-state index in [0.717, 1.165) is 4.90 Å². The number of amides is 3. The number of carboxylic acid groups (broad SMARTS) is 1. The smallest absolute Gasteiger partial charge is 0.317 e. The molecule has 0 spiro atoms. The zero-order chi connectivity index (χ0) is 27.0. The summed E-state index contributed by atoms with van der Waals surface area (Å²) in [5.41, 5.74) is 0. The molecule has 1 saturated heterocycles. The molecule has 0 aromatic rings. The van der Waals surface area contributed by atoms with Gasteiger partial charge in [0.2, 0.25) is 5.91 Å². The van der Waals surface area contributed by atoms with E-state index in [0.29, 0.717) is 65.3 Å². The molecule has 15 heteroatoms. The van der Waals surface area contributed by atoms with Crippen molar-refractivity contribution in [2.75, 3.05) is 92.0 Å². The maximum absolute atomic E-state index is 12.6. The van der Waals surface area contributed by atoms with E-state index in [9.17, 15) is 33.9 Å². The van der Waals surface area contributed by atoms with Crippen molar-refractivity contribution in [3.8, 4) is 0 Å². The average Bonchev–Trinajstić information content (AvgIpc) is 3.18. The van der Waals surface area contributed by atoms with Gasteiger partial charge in [-0.25, -0.2) is 0 Å². The molecule has 0 bridgehead atoms. The summed E-state index contributed by atoms with van der Waals surface area (Å²) in [5, 5.41) is 12.0. The van der Waals surface area contributed by atoms with Crippen molar-refractivity contribution < 1.29 is 43.3 Å². The van der Waals surface area contributed by atoms with Gasteiger partial charge in [0.25, 0.3) is 24.8 Å². The summed E-state index contributed by atoms with van der Waals surface area (Å²) in [6.07, 6.45) is 2.36. The molecule has 0 radical (unpaired) electrons. The molecule has 2 rings (SSSR count). The van der Waals surface area contributed by atoms with E-state index >= 15 is 0 Å². The highest BCUT2D eigenvalue weighted by molar-refractivity contribution is 6.12. The highest BCUT2D eigenvalue weighted by Crippen LogP contribution is 2.03. The molecular formula is C22H34N6O9. The minimum Gasteiger partial charge on any atom is -0.480 e. The van der Waals surface area contributed by atoms with Crippen molar-refractivity contribution in [3.05, 3.63) is 12.2 Å². The molecule has 0 aromatic heterocycles. The van der Waals surface area contributed by atoms with Crippen LogP contribution in [0.25, 0.3) is 0 Å². The molecule has 15 nitrogen and oxygen atoms in total. The Morgan fingerprint density at radius 2 is 1.22 bits per heavy atom. The Hall–Kier alpha value is -3.40. The summed E-state index contributed by atoms with van der Waals surface area (Å²) in [4.78, 5) is 77.0. The molecule has 2 aliphatic rings. The van der Waals surface area contributed by atoms with Crippen LogP contribution in [0.15, 0.2) is 12.2 Å². The summed E-state index contributed by atoms with van der Waals surface area (Å²) < 4.78 is 9.79. The first-order chi connectivity index (χ1) is 17.8. The number of hydrogen-bond acceptors (Lipinski definition) is 12. The molecule has 3 amide bonds. The Morgan fingerprint density at radius 1 is 0.784 bits per heavy atom. The summed E-state index contributed by atoms with van der Waals surface area (Å²) in [7, 11) is 0. The summed E-state index contributed by atoms with van der Waals surface area (Å²) in [6.45, 7) is 4.19. The van der Waals surface area contributed by atoms with Crippen LogP contribution in [0, 0.1) is 0 Å². The molecule has 0 saturated carbocycles. The molecule has 1 fully saturated rings. The van der Waals surface area contributed by atoms with Gasteiger partial charge in [-0.1, -0.05) is 0 Å². The van der Waals surface area contributed by atoms with E-state index in [2.05, 4.69) is 5.32 Å². The molecule has 0 unspecified atom stereocenters. The van der Waals surface area contributed by atoms with Crippen LogP contribution in [0.1, 0.15) is 0 Å². The maximum atomic E-state index is 12.6. The number of imide groups is 1. The van der Waals surface area contributed by atoms with Crippen LogP contribution >= 0.6 is 0 Å². The normalized spacial score (nSPS) is 19.2.